The molecule has 102 valence electrons. The smallest absolute Gasteiger partial charge is 0.341 e. The standard InChI is InChI=1S/C15H15N3O2/c1-10-12(7-11-5-3-2-4-6-11)9-17-14(18-10)13(8-16)15(19)20/h2-6,8-9H,7,16H2,1H3,(H,19,20)/b13-8+. The van der Waals surface area contributed by atoms with Crippen molar-refractivity contribution in [3.63, 3.8) is 0 Å². The van der Waals surface area contributed by atoms with Crippen LogP contribution in [0.5, 0.6) is 0 Å². The summed E-state index contributed by atoms with van der Waals surface area (Å²) in [5.41, 5.74) is 8.06. The van der Waals surface area contributed by atoms with Crippen molar-refractivity contribution in [3.8, 4) is 0 Å². The second-order valence-electron chi connectivity index (χ2n) is 4.35. The summed E-state index contributed by atoms with van der Waals surface area (Å²) in [6.07, 6.45) is 3.37. The van der Waals surface area contributed by atoms with Gasteiger partial charge in [-0.25, -0.2) is 14.8 Å². The van der Waals surface area contributed by atoms with Crippen molar-refractivity contribution in [2.45, 2.75) is 13.3 Å². The van der Waals surface area contributed by atoms with E-state index in [2.05, 4.69) is 9.97 Å². The highest BCUT2D eigenvalue weighted by molar-refractivity contribution is 6.13. The van der Waals surface area contributed by atoms with Crippen molar-refractivity contribution in [3.05, 3.63) is 65.4 Å². The minimum Gasteiger partial charge on any atom is -0.477 e. The van der Waals surface area contributed by atoms with E-state index in [-0.39, 0.29) is 11.4 Å². The zero-order chi connectivity index (χ0) is 14.5. The van der Waals surface area contributed by atoms with Crippen LogP contribution in [0.2, 0.25) is 0 Å². The molecule has 2 rings (SSSR count). The number of carbonyl (C=O) groups is 1. The summed E-state index contributed by atoms with van der Waals surface area (Å²) in [5, 5.41) is 8.99. The highest BCUT2D eigenvalue weighted by Gasteiger charge is 2.14. The molecule has 0 aliphatic heterocycles. The zero-order valence-corrected chi connectivity index (χ0v) is 11.1. The topological polar surface area (TPSA) is 89.1 Å². The average Bonchev–Trinajstić information content (AvgIpc) is 2.43. The van der Waals surface area contributed by atoms with Gasteiger partial charge in [-0.3, -0.25) is 0 Å². The molecule has 0 aliphatic carbocycles. The highest BCUT2D eigenvalue weighted by Crippen LogP contribution is 2.14. The molecule has 1 aromatic carbocycles. The molecule has 0 atom stereocenters. The number of aliphatic carboxylic acids is 1. The summed E-state index contributed by atoms with van der Waals surface area (Å²) in [6, 6.07) is 9.95. The fourth-order valence-corrected chi connectivity index (χ4v) is 1.85. The zero-order valence-electron chi connectivity index (χ0n) is 11.1. The number of nitrogens with two attached hydrogens (primary N) is 1. The van der Waals surface area contributed by atoms with Crippen LogP contribution < -0.4 is 5.73 Å². The lowest BCUT2D eigenvalue weighted by atomic mass is 10.1. The second kappa shape index (κ2) is 5.97. The number of nitrogens with zero attached hydrogens (tertiary/aromatic N) is 2. The molecule has 0 bridgehead atoms. The minimum absolute atomic E-state index is 0.0978. The third kappa shape index (κ3) is 3.00. The second-order valence-corrected chi connectivity index (χ2v) is 4.35. The Balaban J connectivity index is 2.29. The van der Waals surface area contributed by atoms with Gasteiger partial charge in [-0.15, -0.1) is 0 Å². The molecule has 1 aromatic heterocycles. The van der Waals surface area contributed by atoms with Gasteiger partial charge < -0.3 is 10.8 Å². The lowest BCUT2D eigenvalue weighted by Crippen LogP contribution is -2.08. The molecule has 0 fully saturated rings. The molecule has 0 saturated heterocycles. The Morgan fingerprint density at radius 3 is 2.60 bits per heavy atom. The Morgan fingerprint density at radius 1 is 1.35 bits per heavy atom. The van der Waals surface area contributed by atoms with Gasteiger partial charge in [0.15, 0.2) is 5.82 Å². The molecule has 2 aromatic rings. The fourth-order valence-electron chi connectivity index (χ4n) is 1.85. The Kier molecular flexibility index (Phi) is 4.10. The van der Waals surface area contributed by atoms with E-state index in [1.165, 1.54) is 0 Å². The Bertz CT molecular complexity index is 651. The molecule has 0 radical (unpaired) electrons. The van der Waals surface area contributed by atoms with Crippen molar-refractivity contribution in [2.75, 3.05) is 0 Å². The van der Waals surface area contributed by atoms with Crippen molar-refractivity contribution in [2.24, 2.45) is 5.73 Å². The number of aryl methyl sites for hydroxylation is 1. The fraction of sp³-hybridized carbons (Fsp3) is 0.133. The maximum absolute atomic E-state index is 11.0. The third-order valence-corrected chi connectivity index (χ3v) is 2.96. The minimum atomic E-state index is -1.14. The molecule has 20 heavy (non-hydrogen) atoms. The predicted molar refractivity (Wildman–Crippen MR) is 75.8 cm³/mol. The first kappa shape index (κ1) is 13.7. The maximum Gasteiger partial charge on any atom is 0.341 e. The number of rotatable bonds is 4. The summed E-state index contributed by atoms with van der Waals surface area (Å²) in [5.74, 6) is -1.00. The number of hydrogen-bond donors (Lipinski definition) is 2. The predicted octanol–water partition coefficient (Wildman–Crippen LogP) is 1.76. The quantitative estimate of drug-likeness (QED) is 0.825. The molecule has 0 amide bonds. The normalized spacial score (nSPS) is 11.3. The number of benzene rings is 1. The molecule has 1 heterocycles. The summed E-state index contributed by atoms with van der Waals surface area (Å²) in [4.78, 5) is 19.3. The number of carboxylic acid groups (broad SMARTS) is 1. The van der Waals surface area contributed by atoms with Crippen LogP contribution in [0, 0.1) is 6.92 Å². The highest BCUT2D eigenvalue weighted by atomic mass is 16.4. The van der Waals surface area contributed by atoms with Gasteiger partial charge in [0.1, 0.15) is 5.57 Å². The Hall–Kier alpha value is -2.69. The average molecular weight is 269 g/mol. The van der Waals surface area contributed by atoms with Gasteiger partial charge in [-0.1, -0.05) is 30.3 Å². The van der Waals surface area contributed by atoms with E-state index in [1.807, 2.05) is 37.3 Å². The van der Waals surface area contributed by atoms with Gasteiger partial charge in [-0.05, 0) is 18.1 Å². The van der Waals surface area contributed by atoms with E-state index < -0.39 is 5.97 Å². The van der Waals surface area contributed by atoms with Crippen LogP contribution in [0.15, 0.2) is 42.7 Å². The number of hydrogen-bond acceptors (Lipinski definition) is 4. The summed E-state index contributed by atoms with van der Waals surface area (Å²) in [6.45, 7) is 1.83. The van der Waals surface area contributed by atoms with Crippen LogP contribution in [0.3, 0.4) is 0 Å². The van der Waals surface area contributed by atoms with E-state index in [4.69, 9.17) is 10.8 Å². The van der Waals surface area contributed by atoms with Gasteiger partial charge in [0.05, 0.1) is 0 Å². The first-order valence-corrected chi connectivity index (χ1v) is 6.14. The lowest BCUT2D eigenvalue weighted by molar-refractivity contribution is -0.130. The summed E-state index contributed by atoms with van der Waals surface area (Å²) >= 11 is 0. The number of aromatic nitrogens is 2. The largest absolute Gasteiger partial charge is 0.477 e. The van der Waals surface area contributed by atoms with Crippen LogP contribution >= 0.6 is 0 Å². The van der Waals surface area contributed by atoms with Crippen molar-refractivity contribution in [1.82, 2.24) is 9.97 Å². The SMILES string of the molecule is Cc1nc(/C(=C\N)C(=O)O)ncc1Cc1ccccc1. The van der Waals surface area contributed by atoms with Gasteiger partial charge in [0.2, 0.25) is 0 Å². The van der Waals surface area contributed by atoms with Crippen molar-refractivity contribution >= 4 is 11.5 Å². The molecule has 3 N–H and O–H groups in total. The van der Waals surface area contributed by atoms with E-state index in [0.717, 1.165) is 23.0 Å². The van der Waals surface area contributed by atoms with Crippen molar-refractivity contribution < 1.29 is 9.90 Å². The molecular weight excluding hydrogens is 254 g/mol. The molecule has 5 nitrogen and oxygen atoms in total. The summed E-state index contributed by atoms with van der Waals surface area (Å²) in [7, 11) is 0. The first-order chi connectivity index (χ1) is 9.61. The monoisotopic (exact) mass is 269 g/mol. The van der Waals surface area contributed by atoms with Crippen LogP contribution in [0.1, 0.15) is 22.6 Å². The van der Waals surface area contributed by atoms with Crippen molar-refractivity contribution in [1.29, 1.82) is 0 Å². The molecule has 0 saturated carbocycles. The Labute approximate surface area is 116 Å². The molecule has 5 heteroatoms. The third-order valence-electron chi connectivity index (χ3n) is 2.96. The van der Waals surface area contributed by atoms with Gasteiger partial charge in [0, 0.05) is 24.5 Å². The molecule has 0 aliphatic rings. The maximum atomic E-state index is 11.0. The lowest BCUT2D eigenvalue weighted by Gasteiger charge is -2.07. The van der Waals surface area contributed by atoms with E-state index in [1.54, 1.807) is 6.20 Å². The van der Waals surface area contributed by atoms with Gasteiger partial charge >= 0.3 is 5.97 Å². The van der Waals surface area contributed by atoms with Crippen LogP contribution in [-0.2, 0) is 11.2 Å². The van der Waals surface area contributed by atoms with E-state index in [9.17, 15) is 4.79 Å². The van der Waals surface area contributed by atoms with Crippen LogP contribution in [0.4, 0.5) is 0 Å². The molecule has 0 spiro atoms. The molecular formula is C15H15N3O2. The Morgan fingerprint density at radius 2 is 2.05 bits per heavy atom. The van der Waals surface area contributed by atoms with Crippen LogP contribution in [-0.4, -0.2) is 21.0 Å². The first-order valence-electron chi connectivity index (χ1n) is 6.14. The van der Waals surface area contributed by atoms with Gasteiger partial charge in [-0.2, -0.15) is 0 Å². The van der Waals surface area contributed by atoms with E-state index >= 15 is 0 Å². The molecule has 0 unspecified atom stereocenters. The van der Waals surface area contributed by atoms with Crippen LogP contribution in [0.25, 0.3) is 5.57 Å². The van der Waals surface area contributed by atoms with Gasteiger partial charge in [0.25, 0.3) is 0 Å². The summed E-state index contributed by atoms with van der Waals surface area (Å²) < 4.78 is 0. The number of carboxylic acids is 1. The van der Waals surface area contributed by atoms with E-state index in [0.29, 0.717) is 6.42 Å².